The van der Waals surface area contributed by atoms with Crippen molar-refractivity contribution in [2.45, 2.75) is 50.2 Å². The number of carbonyl (C=O) groups is 4. The second-order valence-electron chi connectivity index (χ2n) is 8.09. The first-order valence-corrected chi connectivity index (χ1v) is 12.1. The average Bonchev–Trinajstić information content (AvgIpc) is 2.90. The van der Waals surface area contributed by atoms with Gasteiger partial charge >= 0.3 is 23.9 Å². The van der Waals surface area contributed by atoms with Crippen molar-refractivity contribution in [3.05, 3.63) is 35.9 Å². The molecule has 0 aliphatic rings. The monoisotopic (exact) mass is 588 g/mol. The molecular weight excluding hydrogens is 544 g/mol. The normalized spacial score (nSPS) is 11.6. The molecule has 0 unspecified atom stereocenters. The SMILES string of the molecule is N=C(N)NCCC[C@H](N)C(=O)O.N=C(N)NCCC[C@H](N)C(=O)O.NCC(=O)O.N[C@@H](Cc1ccccc1)C(=O)O. The fourth-order valence-corrected chi connectivity index (χ4v) is 2.29. The number of carboxylic acid groups (broad SMARTS) is 4. The van der Waals surface area contributed by atoms with Crippen molar-refractivity contribution in [1.82, 2.24) is 10.6 Å². The molecule has 1 aromatic rings. The third-order valence-corrected chi connectivity index (χ3v) is 4.44. The topological polar surface area (TPSA) is 377 Å². The zero-order valence-corrected chi connectivity index (χ0v) is 22.7. The van der Waals surface area contributed by atoms with E-state index in [9.17, 15) is 19.2 Å². The lowest BCUT2D eigenvalue weighted by Gasteiger charge is -2.06. The molecule has 20 N–H and O–H groups in total. The van der Waals surface area contributed by atoms with Crippen molar-refractivity contribution in [1.29, 1.82) is 10.8 Å². The van der Waals surface area contributed by atoms with E-state index in [1.54, 1.807) is 0 Å². The molecule has 0 aromatic heterocycles. The number of aliphatic carboxylic acids is 4. The van der Waals surface area contributed by atoms with E-state index >= 15 is 0 Å². The lowest BCUT2D eigenvalue weighted by Crippen LogP contribution is -2.34. The van der Waals surface area contributed by atoms with E-state index in [1.807, 2.05) is 30.3 Å². The lowest BCUT2D eigenvalue weighted by molar-refractivity contribution is -0.139. The van der Waals surface area contributed by atoms with Gasteiger partial charge in [0.1, 0.15) is 18.1 Å². The van der Waals surface area contributed by atoms with E-state index in [4.69, 9.17) is 59.9 Å². The van der Waals surface area contributed by atoms with Gasteiger partial charge in [-0.05, 0) is 37.7 Å². The first-order valence-electron chi connectivity index (χ1n) is 12.1. The van der Waals surface area contributed by atoms with Crippen molar-refractivity contribution < 1.29 is 39.6 Å². The Hall–Kier alpha value is -4.52. The van der Waals surface area contributed by atoms with Crippen molar-refractivity contribution in [2.75, 3.05) is 19.6 Å². The molecule has 0 bridgehead atoms. The summed E-state index contributed by atoms with van der Waals surface area (Å²) in [5.41, 5.74) is 31.3. The first-order chi connectivity index (χ1) is 19.0. The Labute approximate surface area is 237 Å². The summed E-state index contributed by atoms with van der Waals surface area (Å²) in [6.45, 7) is 0.687. The number of nitrogens with one attached hydrogen (secondary N) is 4. The highest BCUT2D eigenvalue weighted by molar-refractivity contribution is 5.75. The van der Waals surface area contributed by atoms with Crippen LogP contribution in [0.3, 0.4) is 0 Å². The van der Waals surface area contributed by atoms with E-state index < -0.39 is 42.0 Å². The van der Waals surface area contributed by atoms with E-state index in [0.29, 0.717) is 45.2 Å². The van der Waals surface area contributed by atoms with Crippen molar-refractivity contribution in [2.24, 2.45) is 34.4 Å². The van der Waals surface area contributed by atoms with Crippen LogP contribution in [0.25, 0.3) is 0 Å². The summed E-state index contributed by atoms with van der Waals surface area (Å²) in [4.78, 5) is 40.1. The van der Waals surface area contributed by atoms with Crippen LogP contribution in [0.2, 0.25) is 0 Å². The third-order valence-electron chi connectivity index (χ3n) is 4.44. The molecule has 0 aliphatic carbocycles. The van der Waals surface area contributed by atoms with Gasteiger partial charge in [0.25, 0.3) is 0 Å². The molecule has 0 heterocycles. The van der Waals surface area contributed by atoms with Crippen molar-refractivity contribution in [3.63, 3.8) is 0 Å². The molecule has 41 heavy (non-hydrogen) atoms. The van der Waals surface area contributed by atoms with Gasteiger partial charge < -0.3 is 65.5 Å². The quantitative estimate of drug-likeness (QED) is 0.0584. The van der Waals surface area contributed by atoms with Crippen LogP contribution in [0.1, 0.15) is 31.2 Å². The minimum absolute atomic E-state index is 0.112. The maximum Gasteiger partial charge on any atom is 0.320 e. The Morgan fingerprint density at radius 3 is 1.32 bits per heavy atom. The molecule has 0 fully saturated rings. The molecule has 0 amide bonds. The molecular formula is C23H44N10O8. The second-order valence-corrected chi connectivity index (χ2v) is 8.09. The number of benzene rings is 1. The van der Waals surface area contributed by atoms with Crippen LogP contribution < -0.4 is 45.0 Å². The van der Waals surface area contributed by atoms with Gasteiger partial charge in [0.15, 0.2) is 11.9 Å². The van der Waals surface area contributed by atoms with Crippen molar-refractivity contribution in [3.8, 4) is 0 Å². The minimum Gasteiger partial charge on any atom is -0.480 e. The fourth-order valence-electron chi connectivity index (χ4n) is 2.29. The number of hydrogen-bond donors (Lipinski definition) is 14. The van der Waals surface area contributed by atoms with Gasteiger partial charge in [-0.25, -0.2) is 0 Å². The summed E-state index contributed by atoms with van der Waals surface area (Å²) in [5.74, 6) is -4.16. The number of guanidine groups is 2. The predicted octanol–water partition coefficient (Wildman–Crippen LogP) is -3.01. The van der Waals surface area contributed by atoms with Crippen LogP contribution in [0, 0.1) is 10.8 Å². The average molecular weight is 589 g/mol. The van der Waals surface area contributed by atoms with Gasteiger partial charge in [0.05, 0.1) is 6.54 Å². The summed E-state index contributed by atoms with van der Waals surface area (Å²) >= 11 is 0. The Morgan fingerprint density at radius 1 is 0.707 bits per heavy atom. The van der Waals surface area contributed by atoms with E-state index in [2.05, 4.69) is 16.4 Å². The molecule has 1 aromatic carbocycles. The highest BCUT2D eigenvalue weighted by Gasteiger charge is 2.11. The molecule has 18 heteroatoms. The molecule has 0 spiro atoms. The molecule has 1 rings (SSSR count). The standard InChI is InChI=1S/C9H11NO2.2C6H14N4O2.C2H5NO2/c10-8(9(11)12)6-7-4-2-1-3-5-7;2*7-4(5(11)12)2-1-3-10-6(8)9;3-1-2(4)5/h1-5,8H,6,10H2,(H,11,12);2*4H,1-3,7H2,(H,11,12)(H4,8,9,10);1,3H2,(H,4,5)/t8-;2*4-;/m000./s1. The van der Waals surface area contributed by atoms with Crippen LogP contribution >= 0.6 is 0 Å². The summed E-state index contributed by atoms with van der Waals surface area (Å²) in [7, 11) is 0. The van der Waals surface area contributed by atoms with Gasteiger partial charge in [0.2, 0.25) is 0 Å². The number of nitrogens with two attached hydrogens (primary N) is 6. The van der Waals surface area contributed by atoms with Crippen LogP contribution in [0.4, 0.5) is 0 Å². The van der Waals surface area contributed by atoms with Gasteiger partial charge in [-0.2, -0.15) is 0 Å². The number of hydrogen-bond acceptors (Lipinski definition) is 10. The predicted molar refractivity (Wildman–Crippen MR) is 152 cm³/mol. The molecule has 0 saturated carbocycles. The van der Waals surface area contributed by atoms with Crippen LogP contribution in [-0.4, -0.2) is 94.0 Å². The van der Waals surface area contributed by atoms with E-state index in [1.165, 1.54) is 0 Å². The first kappa shape index (κ1) is 41.0. The van der Waals surface area contributed by atoms with Gasteiger partial charge in [-0.3, -0.25) is 30.0 Å². The van der Waals surface area contributed by atoms with Crippen LogP contribution in [-0.2, 0) is 25.6 Å². The van der Waals surface area contributed by atoms with Crippen LogP contribution in [0.5, 0.6) is 0 Å². The zero-order chi connectivity index (χ0) is 32.4. The zero-order valence-electron chi connectivity index (χ0n) is 22.7. The number of carboxylic acids is 4. The summed E-state index contributed by atoms with van der Waals surface area (Å²) in [6.07, 6.45) is 2.33. The van der Waals surface area contributed by atoms with Gasteiger partial charge in [-0.15, -0.1) is 0 Å². The second kappa shape index (κ2) is 25.7. The molecule has 0 radical (unpaired) electrons. The fraction of sp³-hybridized carbons (Fsp3) is 0.478. The van der Waals surface area contributed by atoms with Crippen molar-refractivity contribution >= 4 is 35.8 Å². The molecule has 3 atom stereocenters. The highest BCUT2D eigenvalue weighted by atomic mass is 16.4. The summed E-state index contributed by atoms with van der Waals surface area (Å²) in [6, 6.07) is 6.90. The maximum absolute atomic E-state index is 10.4. The minimum atomic E-state index is -1.00. The van der Waals surface area contributed by atoms with Gasteiger partial charge in [0, 0.05) is 13.1 Å². The molecule has 0 saturated heterocycles. The Morgan fingerprint density at radius 2 is 1.05 bits per heavy atom. The maximum atomic E-state index is 10.4. The largest absolute Gasteiger partial charge is 0.480 e. The summed E-state index contributed by atoms with van der Waals surface area (Å²) in [5, 5.41) is 51.5. The Bertz CT molecular complexity index is 883. The highest BCUT2D eigenvalue weighted by Crippen LogP contribution is 2.01. The summed E-state index contributed by atoms with van der Waals surface area (Å²) < 4.78 is 0. The van der Waals surface area contributed by atoms with Crippen LogP contribution in [0.15, 0.2) is 30.3 Å². The lowest BCUT2D eigenvalue weighted by atomic mass is 10.1. The number of rotatable bonds is 14. The van der Waals surface area contributed by atoms with E-state index in [-0.39, 0.29) is 18.5 Å². The third kappa shape index (κ3) is 31.6. The van der Waals surface area contributed by atoms with Gasteiger partial charge in [-0.1, -0.05) is 30.3 Å². The Kier molecular flexibility index (Phi) is 25.7. The molecule has 0 aliphatic heterocycles. The molecule has 234 valence electrons. The molecule has 18 nitrogen and oxygen atoms in total. The Balaban J connectivity index is -0.000000488. The smallest absolute Gasteiger partial charge is 0.320 e. The van der Waals surface area contributed by atoms with E-state index in [0.717, 1.165) is 5.56 Å².